The number of nitrogens with zero attached hydrogens (tertiary/aromatic N) is 3. The molecule has 2 heterocycles. The van der Waals surface area contributed by atoms with Gasteiger partial charge in [0, 0.05) is 18.9 Å². The second kappa shape index (κ2) is 5.91. The summed E-state index contributed by atoms with van der Waals surface area (Å²) in [6, 6.07) is 7.91. The number of ether oxygens (including phenoxy) is 1. The molecule has 1 aliphatic rings. The van der Waals surface area contributed by atoms with E-state index in [1.54, 1.807) is 23.5 Å². The minimum atomic E-state index is -0.303. The van der Waals surface area contributed by atoms with Gasteiger partial charge in [-0.25, -0.2) is 4.79 Å². The van der Waals surface area contributed by atoms with E-state index in [1.807, 2.05) is 25.1 Å². The summed E-state index contributed by atoms with van der Waals surface area (Å²) in [6.07, 6.45) is 5.51. The summed E-state index contributed by atoms with van der Waals surface area (Å²) in [7, 11) is 0. The van der Waals surface area contributed by atoms with E-state index in [1.165, 1.54) is 5.56 Å². The number of aromatic nitrogens is 2. The Morgan fingerprint density at radius 3 is 3.00 bits per heavy atom. The molecule has 1 unspecified atom stereocenters. The minimum Gasteiger partial charge on any atom is -0.450 e. The van der Waals surface area contributed by atoms with E-state index in [0.29, 0.717) is 13.2 Å². The van der Waals surface area contributed by atoms with Gasteiger partial charge in [-0.2, -0.15) is 0 Å². The maximum atomic E-state index is 12.2. The number of carbonyl (C=O) groups excluding carboxylic acids is 1. The molecule has 2 aromatic rings. The van der Waals surface area contributed by atoms with Crippen LogP contribution in [0, 0.1) is 0 Å². The van der Waals surface area contributed by atoms with Crippen LogP contribution in [0.3, 0.4) is 0 Å². The highest BCUT2D eigenvalue weighted by Crippen LogP contribution is 2.34. The fourth-order valence-electron chi connectivity index (χ4n) is 2.74. The van der Waals surface area contributed by atoms with Crippen molar-refractivity contribution in [1.82, 2.24) is 14.9 Å². The Kier molecular flexibility index (Phi) is 3.81. The summed E-state index contributed by atoms with van der Waals surface area (Å²) in [5.41, 5.74) is 3.10. The molecule has 0 radical (unpaired) electrons. The van der Waals surface area contributed by atoms with Crippen molar-refractivity contribution in [2.24, 2.45) is 0 Å². The molecule has 0 bridgehead atoms. The van der Waals surface area contributed by atoms with Crippen molar-refractivity contribution in [3.63, 3.8) is 0 Å². The monoisotopic (exact) mass is 283 g/mol. The molecule has 1 aliphatic heterocycles. The number of rotatable bonds is 2. The number of amides is 1. The van der Waals surface area contributed by atoms with Crippen molar-refractivity contribution in [2.45, 2.75) is 19.4 Å². The standard InChI is InChI=1S/C16H17N3O2/c1-2-21-16(20)19-10-7-12-5-3-4-6-13(12)15(19)14-11-17-8-9-18-14/h3-6,8-9,11,15H,2,7,10H2,1H3. The molecule has 21 heavy (non-hydrogen) atoms. The Balaban J connectivity index is 2.05. The molecule has 5 heteroatoms. The van der Waals surface area contributed by atoms with Gasteiger partial charge < -0.3 is 4.74 Å². The third-order valence-electron chi connectivity index (χ3n) is 3.65. The SMILES string of the molecule is CCOC(=O)N1CCc2ccccc2C1c1cnccn1. The zero-order chi connectivity index (χ0) is 14.7. The molecule has 1 aromatic carbocycles. The first-order chi connectivity index (χ1) is 10.3. The summed E-state index contributed by atoms with van der Waals surface area (Å²) in [4.78, 5) is 22.5. The highest BCUT2D eigenvalue weighted by atomic mass is 16.6. The number of fused-ring (bicyclic) bond motifs is 1. The first kappa shape index (κ1) is 13.5. The van der Waals surface area contributed by atoms with Gasteiger partial charge in [-0.15, -0.1) is 0 Å². The molecule has 1 aromatic heterocycles. The van der Waals surface area contributed by atoms with Crippen molar-refractivity contribution in [1.29, 1.82) is 0 Å². The van der Waals surface area contributed by atoms with Gasteiger partial charge in [0.25, 0.3) is 0 Å². The molecule has 0 fully saturated rings. The van der Waals surface area contributed by atoms with Crippen molar-refractivity contribution >= 4 is 6.09 Å². The van der Waals surface area contributed by atoms with Crippen LogP contribution in [0.2, 0.25) is 0 Å². The van der Waals surface area contributed by atoms with Crippen LogP contribution in [0.25, 0.3) is 0 Å². The van der Waals surface area contributed by atoms with Crippen molar-refractivity contribution in [3.8, 4) is 0 Å². The Morgan fingerprint density at radius 1 is 1.38 bits per heavy atom. The van der Waals surface area contributed by atoms with Gasteiger partial charge in [-0.05, 0) is 24.5 Å². The molecule has 0 saturated carbocycles. The van der Waals surface area contributed by atoms with Crippen LogP contribution in [-0.2, 0) is 11.2 Å². The third-order valence-corrected chi connectivity index (χ3v) is 3.65. The first-order valence-electron chi connectivity index (χ1n) is 7.08. The molecule has 0 aliphatic carbocycles. The van der Waals surface area contributed by atoms with Crippen LogP contribution in [0.5, 0.6) is 0 Å². The number of hydrogen-bond donors (Lipinski definition) is 0. The molecule has 5 nitrogen and oxygen atoms in total. The normalized spacial score (nSPS) is 17.2. The fourth-order valence-corrected chi connectivity index (χ4v) is 2.74. The molecule has 1 amide bonds. The quantitative estimate of drug-likeness (QED) is 0.850. The third kappa shape index (κ3) is 2.59. The Hall–Kier alpha value is -2.43. The second-order valence-corrected chi connectivity index (χ2v) is 4.87. The second-order valence-electron chi connectivity index (χ2n) is 4.87. The molecular formula is C16H17N3O2. The number of carbonyl (C=O) groups is 1. The van der Waals surface area contributed by atoms with Gasteiger partial charge in [0.15, 0.2) is 0 Å². The van der Waals surface area contributed by atoms with E-state index >= 15 is 0 Å². The fraction of sp³-hybridized carbons (Fsp3) is 0.312. The van der Waals surface area contributed by atoms with Gasteiger partial charge >= 0.3 is 6.09 Å². The average Bonchev–Trinajstić information content (AvgIpc) is 2.55. The summed E-state index contributed by atoms with van der Waals surface area (Å²) < 4.78 is 5.19. The maximum Gasteiger partial charge on any atom is 0.410 e. The summed E-state index contributed by atoms with van der Waals surface area (Å²) in [6.45, 7) is 2.80. The van der Waals surface area contributed by atoms with Crippen molar-refractivity contribution < 1.29 is 9.53 Å². The molecule has 0 spiro atoms. The van der Waals surface area contributed by atoms with Gasteiger partial charge in [0.1, 0.15) is 6.04 Å². The Labute approximate surface area is 123 Å². The molecule has 0 N–H and O–H groups in total. The van der Waals surface area contributed by atoms with Crippen molar-refractivity contribution in [2.75, 3.05) is 13.2 Å². The first-order valence-corrected chi connectivity index (χ1v) is 7.08. The number of hydrogen-bond acceptors (Lipinski definition) is 4. The Morgan fingerprint density at radius 2 is 2.24 bits per heavy atom. The minimum absolute atomic E-state index is 0.234. The molecule has 0 saturated heterocycles. The maximum absolute atomic E-state index is 12.2. The van der Waals surface area contributed by atoms with E-state index in [9.17, 15) is 4.79 Å². The van der Waals surface area contributed by atoms with Crippen LogP contribution in [0.1, 0.15) is 29.8 Å². The van der Waals surface area contributed by atoms with Crippen LogP contribution < -0.4 is 0 Å². The lowest BCUT2D eigenvalue weighted by molar-refractivity contribution is 0.0930. The van der Waals surface area contributed by atoms with Gasteiger partial charge in [0.05, 0.1) is 18.5 Å². The number of benzene rings is 1. The van der Waals surface area contributed by atoms with Crippen LogP contribution in [-0.4, -0.2) is 34.1 Å². The smallest absolute Gasteiger partial charge is 0.410 e. The van der Waals surface area contributed by atoms with Crippen LogP contribution in [0.15, 0.2) is 42.9 Å². The highest BCUT2D eigenvalue weighted by molar-refractivity contribution is 5.69. The van der Waals surface area contributed by atoms with E-state index < -0.39 is 0 Å². The summed E-state index contributed by atoms with van der Waals surface area (Å²) in [5.74, 6) is 0. The van der Waals surface area contributed by atoms with E-state index in [2.05, 4.69) is 16.0 Å². The Bertz CT molecular complexity index is 630. The molecule has 1 atom stereocenters. The molecule has 108 valence electrons. The zero-order valence-electron chi connectivity index (χ0n) is 11.9. The van der Waals surface area contributed by atoms with Crippen molar-refractivity contribution in [3.05, 3.63) is 59.7 Å². The van der Waals surface area contributed by atoms with Gasteiger partial charge in [0.2, 0.25) is 0 Å². The topological polar surface area (TPSA) is 55.3 Å². The van der Waals surface area contributed by atoms with E-state index in [-0.39, 0.29) is 12.1 Å². The van der Waals surface area contributed by atoms with E-state index in [0.717, 1.165) is 17.7 Å². The van der Waals surface area contributed by atoms with Crippen LogP contribution >= 0.6 is 0 Å². The lowest BCUT2D eigenvalue weighted by Crippen LogP contribution is -2.41. The summed E-state index contributed by atoms with van der Waals surface area (Å²) >= 11 is 0. The van der Waals surface area contributed by atoms with E-state index in [4.69, 9.17) is 4.74 Å². The largest absolute Gasteiger partial charge is 0.450 e. The lowest BCUT2D eigenvalue weighted by atomic mass is 9.91. The van der Waals surface area contributed by atoms with Crippen LogP contribution in [0.4, 0.5) is 4.79 Å². The van der Waals surface area contributed by atoms with Gasteiger partial charge in [-0.3, -0.25) is 14.9 Å². The molecule has 3 rings (SSSR count). The summed E-state index contributed by atoms with van der Waals surface area (Å²) in [5, 5.41) is 0. The van der Waals surface area contributed by atoms with Gasteiger partial charge in [-0.1, -0.05) is 24.3 Å². The molecular weight excluding hydrogens is 266 g/mol. The predicted octanol–water partition coefficient (Wildman–Crippen LogP) is 2.58. The lowest BCUT2D eigenvalue weighted by Gasteiger charge is -2.35. The average molecular weight is 283 g/mol. The highest BCUT2D eigenvalue weighted by Gasteiger charge is 2.33. The predicted molar refractivity (Wildman–Crippen MR) is 77.7 cm³/mol. The zero-order valence-corrected chi connectivity index (χ0v) is 11.9.